The van der Waals surface area contributed by atoms with Gasteiger partial charge in [0.15, 0.2) is 0 Å². The number of rotatable bonds is 4. The van der Waals surface area contributed by atoms with E-state index in [1.165, 1.54) is 15.9 Å². The molecule has 0 spiro atoms. The van der Waals surface area contributed by atoms with Crippen molar-refractivity contribution in [2.24, 2.45) is 0 Å². The molecule has 3 aromatic rings. The average Bonchev–Trinajstić information content (AvgIpc) is 2.57. The molecule has 0 unspecified atom stereocenters. The summed E-state index contributed by atoms with van der Waals surface area (Å²) in [6.07, 6.45) is 0. The van der Waals surface area contributed by atoms with Gasteiger partial charge in [-0.25, -0.2) is 0 Å². The zero-order valence-corrected chi connectivity index (χ0v) is 15.1. The average molecular weight is 366 g/mol. The maximum atomic E-state index is 3.60. The first-order valence-corrected chi connectivity index (χ1v) is 9.86. The molecule has 109 valence electrons. The summed E-state index contributed by atoms with van der Waals surface area (Å²) in [5.41, 5.74) is 1.91. The fourth-order valence-electron chi connectivity index (χ4n) is 2.84. The molecule has 3 aromatic carbocycles. The van der Waals surface area contributed by atoms with Crippen LogP contribution in [0, 0.1) is 0 Å². The molecule has 2 heteroatoms. The predicted molar refractivity (Wildman–Crippen MR) is 100 cm³/mol. The van der Waals surface area contributed by atoms with Crippen molar-refractivity contribution in [3.05, 3.63) is 95.0 Å². The SMILES string of the molecule is C[C@@H](c1cccc(Br)c1)[Si](c1ccccc1)c1ccccc1. The van der Waals surface area contributed by atoms with E-state index in [1.807, 2.05) is 0 Å². The quantitative estimate of drug-likeness (QED) is 0.601. The molecular formula is C20H18BrSi. The molecule has 0 aliphatic rings. The number of hydrogen-bond acceptors (Lipinski definition) is 0. The van der Waals surface area contributed by atoms with Crippen molar-refractivity contribution >= 4 is 35.1 Å². The van der Waals surface area contributed by atoms with Crippen LogP contribution in [0.25, 0.3) is 0 Å². The summed E-state index contributed by atoms with van der Waals surface area (Å²) < 4.78 is 1.15. The highest BCUT2D eigenvalue weighted by Crippen LogP contribution is 2.22. The summed E-state index contributed by atoms with van der Waals surface area (Å²) in [6.45, 7) is 2.36. The Balaban J connectivity index is 2.06. The minimum Gasteiger partial charge on any atom is -0.0628 e. The molecule has 0 fully saturated rings. The van der Waals surface area contributed by atoms with Crippen LogP contribution in [-0.4, -0.2) is 8.80 Å². The van der Waals surface area contributed by atoms with Gasteiger partial charge >= 0.3 is 0 Å². The summed E-state index contributed by atoms with van der Waals surface area (Å²) in [7, 11) is -0.867. The van der Waals surface area contributed by atoms with E-state index in [-0.39, 0.29) is 0 Å². The lowest BCUT2D eigenvalue weighted by molar-refractivity contribution is 1.06. The Bertz CT molecular complexity index is 685. The molecule has 0 aliphatic heterocycles. The van der Waals surface area contributed by atoms with E-state index in [2.05, 4.69) is 108 Å². The van der Waals surface area contributed by atoms with E-state index >= 15 is 0 Å². The van der Waals surface area contributed by atoms with Gasteiger partial charge in [0.25, 0.3) is 0 Å². The molecule has 0 N–H and O–H groups in total. The van der Waals surface area contributed by atoms with Crippen molar-refractivity contribution in [2.45, 2.75) is 12.5 Å². The van der Waals surface area contributed by atoms with Crippen LogP contribution in [0.5, 0.6) is 0 Å². The Morgan fingerprint density at radius 2 is 1.27 bits per heavy atom. The van der Waals surface area contributed by atoms with E-state index in [4.69, 9.17) is 0 Å². The van der Waals surface area contributed by atoms with Gasteiger partial charge in [0.2, 0.25) is 0 Å². The summed E-state index contributed by atoms with van der Waals surface area (Å²) in [5.74, 6) is 0. The molecule has 0 saturated heterocycles. The zero-order chi connectivity index (χ0) is 15.4. The van der Waals surface area contributed by atoms with Crippen LogP contribution in [0.2, 0.25) is 0 Å². The van der Waals surface area contributed by atoms with Gasteiger partial charge in [0.1, 0.15) is 8.80 Å². The lowest BCUT2D eigenvalue weighted by Crippen LogP contribution is -2.46. The Kier molecular flexibility index (Phi) is 4.91. The molecule has 0 aliphatic carbocycles. The maximum Gasteiger partial charge on any atom is 0.128 e. The second kappa shape index (κ2) is 7.08. The van der Waals surface area contributed by atoms with Gasteiger partial charge in [0, 0.05) is 4.47 Å². The Hall–Kier alpha value is -1.64. The fourth-order valence-corrected chi connectivity index (χ4v) is 6.21. The van der Waals surface area contributed by atoms with Crippen LogP contribution in [0.15, 0.2) is 89.4 Å². The van der Waals surface area contributed by atoms with Gasteiger partial charge in [-0.05, 0) is 23.2 Å². The van der Waals surface area contributed by atoms with Crippen molar-refractivity contribution in [1.29, 1.82) is 0 Å². The van der Waals surface area contributed by atoms with E-state index in [0.717, 1.165) is 4.47 Å². The maximum absolute atomic E-state index is 3.60. The lowest BCUT2D eigenvalue weighted by Gasteiger charge is -2.24. The Morgan fingerprint density at radius 1 is 0.727 bits per heavy atom. The first-order chi connectivity index (χ1) is 10.8. The first kappa shape index (κ1) is 15.3. The Morgan fingerprint density at radius 3 is 1.77 bits per heavy atom. The van der Waals surface area contributed by atoms with Gasteiger partial charge in [-0.2, -0.15) is 0 Å². The molecule has 22 heavy (non-hydrogen) atoms. The third-order valence-electron chi connectivity index (χ3n) is 3.95. The van der Waals surface area contributed by atoms with Crippen molar-refractivity contribution < 1.29 is 0 Å². The van der Waals surface area contributed by atoms with E-state index in [9.17, 15) is 0 Å². The highest BCUT2D eigenvalue weighted by Gasteiger charge is 2.25. The van der Waals surface area contributed by atoms with Gasteiger partial charge in [-0.3, -0.25) is 0 Å². The third kappa shape index (κ3) is 3.40. The largest absolute Gasteiger partial charge is 0.128 e. The molecule has 0 amide bonds. The normalized spacial score (nSPS) is 12.3. The summed E-state index contributed by atoms with van der Waals surface area (Å²) >= 11 is 3.60. The van der Waals surface area contributed by atoms with Crippen LogP contribution < -0.4 is 10.4 Å². The number of hydrogen-bond donors (Lipinski definition) is 0. The smallest absolute Gasteiger partial charge is 0.0628 e. The second-order valence-electron chi connectivity index (χ2n) is 5.42. The fraction of sp³-hybridized carbons (Fsp3) is 0.100. The molecule has 0 heterocycles. The second-order valence-corrected chi connectivity index (χ2v) is 9.19. The Labute approximate surface area is 142 Å². The summed E-state index contributed by atoms with van der Waals surface area (Å²) in [5, 5.41) is 2.93. The van der Waals surface area contributed by atoms with Crippen molar-refractivity contribution in [3.63, 3.8) is 0 Å². The van der Waals surface area contributed by atoms with Crippen LogP contribution in [0.3, 0.4) is 0 Å². The monoisotopic (exact) mass is 365 g/mol. The summed E-state index contributed by atoms with van der Waals surface area (Å²) in [6, 6.07) is 30.6. The minimum atomic E-state index is -0.867. The highest BCUT2D eigenvalue weighted by atomic mass is 79.9. The van der Waals surface area contributed by atoms with Gasteiger partial charge in [-0.1, -0.05) is 106 Å². The van der Waals surface area contributed by atoms with E-state index in [0.29, 0.717) is 5.54 Å². The molecule has 0 bridgehead atoms. The molecule has 0 saturated carbocycles. The predicted octanol–water partition coefficient (Wildman–Crippen LogP) is 4.40. The first-order valence-electron chi connectivity index (χ1n) is 7.49. The van der Waals surface area contributed by atoms with Crippen LogP contribution in [0.4, 0.5) is 0 Å². The highest BCUT2D eigenvalue weighted by molar-refractivity contribution is 9.10. The van der Waals surface area contributed by atoms with Crippen molar-refractivity contribution in [1.82, 2.24) is 0 Å². The molecule has 0 aromatic heterocycles. The zero-order valence-electron chi connectivity index (χ0n) is 12.5. The number of halogens is 1. The minimum absolute atomic E-state index is 0.507. The van der Waals surface area contributed by atoms with Crippen molar-refractivity contribution in [2.75, 3.05) is 0 Å². The van der Waals surface area contributed by atoms with E-state index < -0.39 is 8.80 Å². The third-order valence-corrected chi connectivity index (χ3v) is 7.55. The van der Waals surface area contributed by atoms with Crippen LogP contribution in [0.1, 0.15) is 18.0 Å². The molecule has 3 rings (SSSR count). The van der Waals surface area contributed by atoms with Crippen molar-refractivity contribution in [3.8, 4) is 0 Å². The molecule has 1 radical (unpaired) electrons. The molecule has 1 atom stereocenters. The van der Waals surface area contributed by atoms with Gasteiger partial charge < -0.3 is 0 Å². The lowest BCUT2D eigenvalue weighted by atomic mass is 10.2. The van der Waals surface area contributed by atoms with Gasteiger partial charge in [-0.15, -0.1) is 0 Å². The standard InChI is InChI=1S/C20H18BrSi/c1-16(17-9-8-10-18(21)15-17)22(19-11-4-2-5-12-19)20-13-6-3-7-14-20/h2-16H,1H3/t16-/m0/s1. The van der Waals surface area contributed by atoms with Gasteiger partial charge in [0.05, 0.1) is 0 Å². The van der Waals surface area contributed by atoms with Crippen LogP contribution >= 0.6 is 15.9 Å². The molecular weight excluding hydrogens is 348 g/mol. The van der Waals surface area contributed by atoms with Crippen LogP contribution in [-0.2, 0) is 0 Å². The summed E-state index contributed by atoms with van der Waals surface area (Å²) in [4.78, 5) is 0. The topological polar surface area (TPSA) is 0 Å². The van der Waals surface area contributed by atoms with E-state index in [1.54, 1.807) is 0 Å². The molecule has 0 nitrogen and oxygen atoms in total. The number of benzene rings is 3.